The van der Waals surface area contributed by atoms with Crippen molar-refractivity contribution < 1.29 is 24.2 Å². The molecule has 158 valence electrons. The van der Waals surface area contributed by atoms with Crippen molar-refractivity contribution in [2.45, 2.75) is 27.3 Å². The molecule has 2 N–H and O–H groups in total. The smallest absolute Gasteiger partial charge is 0.341 e. The van der Waals surface area contributed by atoms with Gasteiger partial charge >= 0.3 is 5.97 Å². The quantitative estimate of drug-likeness (QED) is 0.454. The molecule has 2 rings (SSSR count). The number of carboxylic acids is 1. The molecule has 2 aromatic rings. The lowest BCUT2D eigenvalue weighted by Gasteiger charge is -2.12. The number of rotatable bonds is 10. The van der Waals surface area contributed by atoms with Crippen LogP contribution in [-0.2, 0) is 11.3 Å². The Hall–Kier alpha value is -3.61. The standard InChI is InChI=1S/C23H26N2O5/c1-4-6-19(13-16(2)3)30-23-20(7-5-12-24-23)22(28)25-14-17-8-10-18(11-9-17)29-15-21(26)27/h4-13,16H,14-15H2,1-3H3,(H,25,28)(H,26,27)/b6-4-,19-13+. The van der Waals surface area contributed by atoms with Gasteiger partial charge in [0.25, 0.3) is 5.91 Å². The fraction of sp³-hybridized carbons (Fsp3) is 0.261. The van der Waals surface area contributed by atoms with Crippen LogP contribution < -0.4 is 14.8 Å². The number of ether oxygens (including phenoxy) is 2. The molecule has 0 saturated heterocycles. The average Bonchev–Trinajstić information content (AvgIpc) is 2.71. The molecule has 1 aromatic heterocycles. The Morgan fingerprint density at radius 3 is 2.57 bits per heavy atom. The summed E-state index contributed by atoms with van der Waals surface area (Å²) in [6, 6.07) is 10.2. The third-order valence-electron chi connectivity index (χ3n) is 3.80. The Morgan fingerprint density at radius 2 is 1.93 bits per heavy atom. The zero-order chi connectivity index (χ0) is 21.9. The number of allylic oxidation sites excluding steroid dienone is 3. The summed E-state index contributed by atoms with van der Waals surface area (Å²) in [6.45, 7) is 5.85. The number of hydrogen-bond donors (Lipinski definition) is 2. The Kier molecular flexibility index (Phi) is 8.62. The lowest BCUT2D eigenvalue weighted by atomic mass is 10.2. The van der Waals surface area contributed by atoms with Gasteiger partial charge in [0.15, 0.2) is 6.61 Å². The minimum atomic E-state index is -1.04. The van der Waals surface area contributed by atoms with Crippen LogP contribution in [0.15, 0.2) is 66.6 Å². The van der Waals surface area contributed by atoms with E-state index in [2.05, 4.69) is 10.3 Å². The van der Waals surface area contributed by atoms with Gasteiger partial charge in [-0.25, -0.2) is 9.78 Å². The summed E-state index contributed by atoms with van der Waals surface area (Å²) < 4.78 is 11.0. The summed E-state index contributed by atoms with van der Waals surface area (Å²) in [7, 11) is 0. The first-order valence-electron chi connectivity index (χ1n) is 9.58. The van der Waals surface area contributed by atoms with E-state index in [4.69, 9.17) is 14.6 Å². The summed E-state index contributed by atoms with van der Waals surface area (Å²) in [5.41, 5.74) is 1.17. The second-order valence-corrected chi connectivity index (χ2v) is 6.78. The molecule has 0 unspecified atom stereocenters. The predicted octanol–water partition coefficient (Wildman–Crippen LogP) is 3.97. The largest absolute Gasteiger partial charge is 0.482 e. The van der Waals surface area contributed by atoms with E-state index < -0.39 is 12.6 Å². The molecule has 0 bridgehead atoms. The van der Waals surface area contributed by atoms with Gasteiger partial charge in [0, 0.05) is 12.7 Å². The molecule has 1 aromatic carbocycles. The molecule has 0 fully saturated rings. The second kappa shape index (κ2) is 11.4. The van der Waals surface area contributed by atoms with E-state index in [1.807, 2.05) is 39.0 Å². The van der Waals surface area contributed by atoms with Crippen LogP contribution in [0.4, 0.5) is 0 Å². The summed E-state index contributed by atoms with van der Waals surface area (Å²) in [6.07, 6.45) is 7.21. The molecule has 1 heterocycles. The van der Waals surface area contributed by atoms with E-state index >= 15 is 0 Å². The number of hydrogen-bond acceptors (Lipinski definition) is 5. The summed E-state index contributed by atoms with van der Waals surface area (Å²) in [4.78, 5) is 27.4. The molecular formula is C23H26N2O5. The molecule has 0 spiro atoms. The zero-order valence-corrected chi connectivity index (χ0v) is 17.3. The Balaban J connectivity index is 2.04. The highest BCUT2D eigenvalue weighted by molar-refractivity contribution is 5.96. The van der Waals surface area contributed by atoms with Crippen LogP contribution in [0.2, 0.25) is 0 Å². The molecule has 0 aliphatic rings. The van der Waals surface area contributed by atoms with Crippen molar-refractivity contribution in [3.05, 3.63) is 77.7 Å². The number of carbonyl (C=O) groups is 2. The van der Waals surface area contributed by atoms with Crippen molar-refractivity contribution >= 4 is 11.9 Å². The van der Waals surface area contributed by atoms with E-state index in [0.29, 0.717) is 17.1 Å². The summed E-state index contributed by atoms with van der Waals surface area (Å²) in [5.74, 6) is 0.230. The first kappa shape index (κ1) is 22.7. The second-order valence-electron chi connectivity index (χ2n) is 6.78. The SMILES string of the molecule is C/C=C\C(=C/C(C)C)Oc1ncccc1C(=O)NCc1ccc(OCC(=O)O)cc1. The number of benzene rings is 1. The molecule has 7 nitrogen and oxygen atoms in total. The fourth-order valence-corrected chi connectivity index (χ4v) is 2.50. The molecule has 7 heteroatoms. The number of amides is 1. The number of nitrogens with zero attached hydrogens (tertiary/aromatic N) is 1. The molecular weight excluding hydrogens is 384 g/mol. The zero-order valence-electron chi connectivity index (χ0n) is 17.3. The van der Waals surface area contributed by atoms with Crippen LogP contribution in [-0.4, -0.2) is 28.6 Å². The van der Waals surface area contributed by atoms with Crippen LogP contribution in [0.25, 0.3) is 0 Å². The van der Waals surface area contributed by atoms with Gasteiger partial charge in [-0.15, -0.1) is 0 Å². The maximum atomic E-state index is 12.7. The Labute approximate surface area is 176 Å². The van der Waals surface area contributed by atoms with Crippen LogP contribution >= 0.6 is 0 Å². The monoisotopic (exact) mass is 410 g/mol. The van der Waals surface area contributed by atoms with E-state index in [9.17, 15) is 9.59 Å². The van der Waals surface area contributed by atoms with Gasteiger partial charge in [0.2, 0.25) is 5.88 Å². The molecule has 30 heavy (non-hydrogen) atoms. The van der Waals surface area contributed by atoms with Gasteiger partial charge in [-0.2, -0.15) is 0 Å². The number of carboxylic acid groups (broad SMARTS) is 1. The van der Waals surface area contributed by atoms with E-state index in [-0.39, 0.29) is 24.2 Å². The Bertz CT molecular complexity index is 917. The molecule has 0 atom stereocenters. The number of pyridine rings is 1. The van der Waals surface area contributed by atoms with Gasteiger partial charge in [-0.3, -0.25) is 4.79 Å². The molecule has 0 aliphatic carbocycles. The lowest BCUT2D eigenvalue weighted by Crippen LogP contribution is -2.23. The minimum absolute atomic E-state index is 0.234. The maximum Gasteiger partial charge on any atom is 0.341 e. The third-order valence-corrected chi connectivity index (χ3v) is 3.80. The average molecular weight is 410 g/mol. The highest BCUT2D eigenvalue weighted by atomic mass is 16.5. The van der Waals surface area contributed by atoms with Crippen molar-refractivity contribution in [2.24, 2.45) is 5.92 Å². The van der Waals surface area contributed by atoms with Crippen LogP contribution in [0.5, 0.6) is 11.6 Å². The molecule has 0 aliphatic heterocycles. The van der Waals surface area contributed by atoms with E-state index in [1.165, 1.54) is 0 Å². The van der Waals surface area contributed by atoms with Crippen LogP contribution in [0, 0.1) is 5.92 Å². The first-order valence-corrected chi connectivity index (χ1v) is 9.58. The normalized spacial score (nSPS) is 11.5. The maximum absolute atomic E-state index is 12.7. The van der Waals surface area contributed by atoms with Crippen molar-refractivity contribution in [1.29, 1.82) is 0 Å². The van der Waals surface area contributed by atoms with Crippen molar-refractivity contribution in [3.63, 3.8) is 0 Å². The summed E-state index contributed by atoms with van der Waals surface area (Å²) in [5, 5.41) is 11.5. The van der Waals surface area contributed by atoms with Crippen LogP contribution in [0.3, 0.4) is 0 Å². The predicted molar refractivity (Wildman–Crippen MR) is 113 cm³/mol. The number of aromatic nitrogens is 1. The summed E-state index contributed by atoms with van der Waals surface area (Å²) >= 11 is 0. The Morgan fingerprint density at radius 1 is 1.20 bits per heavy atom. The number of nitrogens with one attached hydrogen (secondary N) is 1. The lowest BCUT2D eigenvalue weighted by molar-refractivity contribution is -0.139. The van der Waals surface area contributed by atoms with Crippen molar-refractivity contribution in [3.8, 4) is 11.6 Å². The topological polar surface area (TPSA) is 97.8 Å². The third kappa shape index (κ3) is 7.43. The highest BCUT2D eigenvalue weighted by Crippen LogP contribution is 2.19. The highest BCUT2D eigenvalue weighted by Gasteiger charge is 2.14. The molecule has 0 saturated carbocycles. The van der Waals surface area contributed by atoms with Crippen molar-refractivity contribution in [1.82, 2.24) is 10.3 Å². The van der Waals surface area contributed by atoms with E-state index in [1.54, 1.807) is 42.6 Å². The van der Waals surface area contributed by atoms with Gasteiger partial charge < -0.3 is 19.9 Å². The van der Waals surface area contributed by atoms with Crippen LogP contribution in [0.1, 0.15) is 36.7 Å². The minimum Gasteiger partial charge on any atom is -0.482 e. The molecule has 0 radical (unpaired) electrons. The molecule has 1 amide bonds. The fourth-order valence-electron chi connectivity index (χ4n) is 2.50. The van der Waals surface area contributed by atoms with Gasteiger partial charge in [0.1, 0.15) is 17.1 Å². The number of carbonyl (C=O) groups excluding carboxylic acids is 1. The number of aliphatic carboxylic acids is 1. The van der Waals surface area contributed by atoms with Gasteiger partial charge in [0.05, 0.1) is 0 Å². The van der Waals surface area contributed by atoms with Gasteiger partial charge in [-0.05, 0) is 54.8 Å². The van der Waals surface area contributed by atoms with Gasteiger partial charge in [-0.1, -0.05) is 32.1 Å². The first-order chi connectivity index (χ1) is 14.4. The van der Waals surface area contributed by atoms with E-state index in [0.717, 1.165) is 5.56 Å². The van der Waals surface area contributed by atoms with Crippen molar-refractivity contribution in [2.75, 3.05) is 6.61 Å².